The number of alkyl halides is 3. The smallest absolute Gasteiger partial charge is 0.416 e. The van der Waals surface area contributed by atoms with E-state index in [1.54, 1.807) is 18.2 Å². The molecule has 3 aromatic carbocycles. The van der Waals surface area contributed by atoms with Crippen LogP contribution in [0.3, 0.4) is 0 Å². The molecule has 12 heteroatoms. The second-order valence-corrected chi connectivity index (χ2v) is 7.81. The van der Waals surface area contributed by atoms with Crippen LogP contribution >= 0.6 is 11.6 Å². The van der Waals surface area contributed by atoms with Gasteiger partial charge in [0.05, 0.1) is 29.0 Å². The van der Waals surface area contributed by atoms with E-state index in [2.05, 4.69) is 10.4 Å². The van der Waals surface area contributed by atoms with E-state index in [4.69, 9.17) is 21.1 Å². The molecule has 8 nitrogen and oxygen atoms in total. The molecule has 0 aliphatic heterocycles. The van der Waals surface area contributed by atoms with Gasteiger partial charge in [0.15, 0.2) is 11.5 Å². The zero-order valence-electron chi connectivity index (χ0n) is 19.4. The largest absolute Gasteiger partial charge is 0.493 e. The van der Waals surface area contributed by atoms with Gasteiger partial charge in [-0.05, 0) is 55.5 Å². The Labute approximate surface area is 214 Å². The third-order valence-corrected chi connectivity index (χ3v) is 5.19. The van der Waals surface area contributed by atoms with Crippen molar-refractivity contribution in [3.05, 3.63) is 88.4 Å². The first-order valence-corrected chi connectivity index (χ1v) is 10.9. The van der Waals surface area contributed by atoms with Gasteiger partial charge in [0.2, 0.25) is 0 Å². The average molecular weight is 534 g/mol. The number of hydrogen-bond donors (Lipinski definition) is 2. The highest BCUT2D eigenvalue weighted by molar-refractivity contribution is 6.39. The van der Waals surface area contributed by atoms with Crippen molar-refractivity contribution in [2.45, 2.75) is 13.1 Å². The van der Waals surface area contributed by atoms with Crippen LogP contribution in [0.1, 0.15) is 28.4 Å². The van der Waals surface area contributed by atoms with Crippen molar-refractivity contribution < 1.29 is 37.0 Å². The predicted molar refractivity (Wildman–Crippen MR) is 130 cm³/mol. The second kappa shape index (κ2) is 11.6. The van der Waals surface area contributed by atoms with Gasteiger partial charge in [-0.1, -0.05) is 29.8 Å². The molecule has 3 rings (SSSR count). The summed E-state index contributed by atoms with van der Waals surface area (Å²) in [6.07, 6.45) is -4.60. The molecule has 0 radical (unpaired) electrons. The minimum absolute atomic E-state index is 0.105. The van der Waals surface area contributed by atoms with E-state index in [0.29, 0.717) is 11.6 Å². The summed E-state index contributed by atoms with van der Waals surface area (Å²) in [5.41, 5.74) is 1.72. The molecular weight excluding hydrogens is 515 g/mol. The van der Waals surface area contributed by atoms with Crippen LogP contribution in [0.2, 0.25) is 5.02 Å². The van der Waals surface area contributed by atoms with Gasteiger partial charge >= 0.3 is 24.0 Å². The highest BCUT2D eigenvalue weighted by atomic mass is 35.5. The SMILES string of the molecule is COc1cc(/C(C)=N/NC(=O)C(=O)Nc2cccc(C(F)(F)F)c2)ccc1OC(=O)c1ccccc1Cl. The molecule has 0 spiro atoms. The number of carbonyl (C=O) groups is 3. The average Bonchev–Trinajstić information content (AvgIpc) is 2.87. The van der Waals surface area contributed by atoms with Crippen molar-refractivity contribution in [2.24, 2.45) is 5.10 Å². The summed E-state index contributed by atoms with van der Waals surface area (Å²) in [6.45, 7) is 1.52. The summed E-state index contributed by atoms with van der Waals surface area (Å²) in [4.78, 5) is 36.6. The third-order valence-electron chi connectivity index (χ3n) is 4.86. The quantitative estimate of drug-likeness (QED) is 0.151. The fourth-order valence-electron chi connectivity index (χ4n) is 2.97. The molecule has 0 heterocycles. The molecule has 2 amide bonds. The zero-order valence-corrected chi connectivity index (χ0v) is 20.1. The lowest BCUT2D eigenvalue weighted by Crippen LogP contribution is -2.33. The number of anilines is 1. The molecule has 0 atom stereocenters. The Morgan fingerprint density at radius 1 is 0.919 bits per heavy atom. The van der Waals surface area contributed by atoms with E-state index in [0.717, 1.165) is 12.1 Å². The molecule has 0 bridgehead atoms. The molecule has 0 saturated heterocycles. The normalized spacial score (nSPS) is 11.5. The van der Waals surface area contributed by atoms with Crippen molar-refractivity contribution in [1.29, 1.82) is 0 Å². The molecule has 0 aliphatic rings. The molecule has 0 aromatic heterocycles. The van der Waals surface area contributed by atoms with E-state index in [-0.39, 0.29) is 33.5 Å². The first-order chi connectivity index (χ1) is 17.5. The van der Waals surface area contributed by atoms with Gasteiger partial charge < -0.3 is 14.8 Å². The first kappa shape index (κ1) is 27.2. The lowest BCUT2D eigenvalue weighted by molar-refractivity contribution is -0.137. The van der Waals surface area contributed by atoms with Crippen LogP contribution in [0, 0.1) is 0 Å². The standard InChI is InChI=1S/C25H19ClF3N3O5/c1-14(31-32-23(34)22(33)30-17-7-5-6-16(13-17)25(27,28)29)15-10-11-20(21(12-15)36-2)37-24(35)18-8-3-4-9-19(18)26/h3-13H,1-2H3,(H,30,33)(H,32,34)/b31-14+. The summed E-state index contributed by atoms with van der Waals surface area (Å²) >= 11 is 6.02. The van der Waals surface area contributed by atoms with E-state index in [9.17, 15) is 27.6 Å². The maximum absolute atomic E-state index is 12.8. The number of hydrogen-bond acceptors (Lipinski definition) is 6. The Hall–Kier alpha value is -4.38. The van der Waals surface area contributed by atoms with Crippen LogP contribution in [0.5, 0.6) is 11.5 Å². The summed E-state index contributed by atoms with van der Waals surface area (Å²) < 4.78 is 49.1. The van der Waals surface area contributed by atoms with Crippen molar-refractivity contribution >= 4 is 40.8 Å². The monoisotopic (exact) mass is 533 g/mol. The van der Waals surface area contributed by atoms with Gasteiger partial charge in [-0.15, -0.1) is 0 Å². The Balaban J connectivity index is 1.67. The summed E-state index contributed by atoms with van der Waals surface area (Å²) in [5, 5.41) is 6.14. The fraction of sp³-hybridized carbons (Fsp3) is 0.120. The number of benzene rings is 3. The van der Waals surface area contributed by atoms with Crippen molar-refractivity contribution in [2.75, 3.05) is 12.4 Å². The van der Waals surface area contributed by atoms with Crippen LogP contribution in [0.4, 0.5) is 18.9 Å². The van der Waals surface area contributed by atoms with Crippen LogP contribution in [-0.2, 0) is 15.8 Å². The van der Waals surface area contributed by atoms with Gasteiger partial charge in [0.1, 0.15) is 0 Å². The first-order valence-electron chi connectivity index (χ1n) is 10.5. The van der Waals surface area contributed by atoms with Crippen LogP contribution in [0.15, 0.2) is 71.8 Å². The molecule has 0 unspecified atom stereocenters. The predicted octanol–water partition coefficient (Wildman–Crippen LogP) is 5.07. The van der Waals surface area contributed by atoms with Crippen LogP contribution in [-0.4, -0.2) is 30.6 Å². The number of halogens is 4. The second-order valence-electron chi connectivity index (χ2n) is 7.41. The van der Waals surface area contributed by atoms with Crippen molar-refractivity contribution in [3.63, 3.8) is 0 Å². The third kappa shape index (κ3) is 7.07. The number of ether oxygens (including phenoxy) is 2. The lowest BCUT2D eigenvalue weighted by atomic mass is 10.1. The molecule has 2 N–H and O–H groups in total. The number of amides is 2. The molecule has 0 fully saturated rings. The van der Waals surface area contributed by atoms with E-state index >= 15 is 0 Å². The Morgan fingerprint density at radius 3 is 2.32 bits per heavy atom. The summed E-state index contributed by atoms with van der Waals surface area (Å²) in [7, 11) is 1.36. The highest BCUT2D eigenvalue weighted by Gasteiger charge is 2.30. The summed E-state index contributed by atoms with van der Waals surface area (Å²) in [5.74, 6) is -2.82. The molecule has 37 heavy (non-hydrogen) atoms. The van der Waals surface area contributed by atoms with Crippen molar-refractivity contribution in [3.8, 4) is 11.5 Å². The van der Waals surface area contributed by atoms with Crippen LogP contribution in [0.25, 0.3) is 0 Å². The number of nitrogens with one attached hydrogen (secondary N) is 2. The number of nitrogens with zero attached hydrogens (tertiary/aromatic N) is 1. The minimum Gasteiger partial charge on any atom is -0.493 e. The topological polar surface area (TPSA) is 106 Å². The number of methoxy groups -OCH3 is 1. The molecule has 3 aromatic rings. The highest BCUT2D eigenvalue weighted by Crippen LogP contribution is 2.31. The molecule has 0 aliphatic carbocycles. The number of hydrazone groups is 1. The van der Waals surface area contributed by atoms with Gasteiger partial charge in [0, 0.05) is 11.3 Å². The lowest BCUT2D eigenvalue weighted by Gasteiger charge is -2.12. The minimum atomic E-state index is -4.60. The number of esters is 1. The van der Waals surface area contributed by atoms with Gasteiger partial charge in [-0.25, -0.2) is 10.2 Å². The van der Waals surface area contributed by atoms with Gasteiger partial charge in [-0.2, -0.15) is 18.3 Å². The summed E-state index contributed by atoms with van der Waals surface area (Å²) in [6, 6.07) is 14.7. The van der Waals surface area contributed by atoms with E-state index in [1.807, 2.05) is 5.43 Å². The zero-order chi connectivity index (χ0) is 27.2. The Bertz CT molecular complexity index is 1380. The van der Waals surface area contributed by atoms with E-state index in [1.165, 1.54) is 44.4 Å². The number of carbonyl (C=O) groups excluding carboxylic acids is 3. The van der Waals surface area contributed by atoms with Gasteiger partial charge in [-0.3, -0.25) is 9.59 Å². The maximum atomic E-state index is 12.8. The fourth-order valence-corrected chi connectivity index (χ4v) is 3.18. The Kier molecular flexibility index (Phi) is 8.51. The Morgan fingerprint density at radius 2 is 1.65 bits per heavy atom. The van der Waals surface area contributed by atoms with E-state index < -0.39 is 29.5 Å². The van der Waals surface area contributed by atoms with Gasteiger partial charge in [0.25, 0.3) is 0 Å². The van der Waals surface area contributed by atoms with Crippen LogP contribution < -0.4 is 20.2 Å². The maximum Gasteiger partial charge on any atom is 0.416 e. The molecular formula is C25H19ClF3N3O5. The van der Waals surface area contributed by atoms with Crippen molar-refractivity contribution in [1.82, 2.24) is 5.43 Å². The molecule has 0 saturated carbocycles. The number of rotatable bonds is 6. The molecule has 192 valence electrons.